The van der Waals surface area contributed by atoms with E-state index in [2.05, 4.69) is 14.5 Å². The Balaban J connectivity index is 1.92. The van der Waals surface area contributed by atoms with Crippen molar-refractivity contribution in [1.29, 1.82) is 0 Å². The Labute approximate surface area is 87.0 Å². The smallest absolute Gasteiger partial charge is 0.132 e. The minimum Gasteiger partial charge on any atom is -0.388 e. The molecule has 5 nitrogen and oxygen atoms in total. The van der Waals surface area contributed by atoms with Crippen molar-refractivity contribution in [2.75, 3.05) is 32.0 Å². The number of nitrogens with two attached hydrogens (primary N) is 1. The maximum absolute atomic E-state index is 5.73. The zero-order valence-corrected chi connectivity index (χ0v) is 8.79. The fourth-order valence-electron chi connectivity index (χ4n) is 1.49. The van der Waals surface area contributed by atoms with Crippen molar-refractivity contribution in [1.82, 2.24) is 14.5 Å². The van der Waals surface area contributed by atoms with Crippen LogP contribution in [0.15, 0.2) is 0 Å². The third kappa shape index (κ3) is 2.40. The van der Waals surface area contributed by atoms with Crippen molar-refractivity contribution in [2.45, 2.75) is 13.0 Å². The van der Waals surface area contributed by atoms with E-state index in [4.69, 9.17) is 10.5 Å². The molecule has 1 aliphatic heterocycles. The first-order valence-corrected chi connectivity index (χ1v) is 5.50. The summed E-state index contributed by atoms with van der Waals surface area (Å²) in [5, 5.41) is 4.73. The molecule has 1 saturated heterocycles. The van der Waals surface area contributed by atoms with Gasteiger partial charge < -0.3 is 10.5 Å². The summed E-state index contributed by atoms with van der Waals surface area (Å²) < 4.78 is 9.19. The maximum atomic E-state index is 5.73. The second kappa shape index (κ2) is 4.68. The molecule has 0 spiro atoms. The molecule has 0 unspecified atom stereocenters. The predicted molar refractivity (Wildman–Crippen MR) is 55.0 cm³/mol. The lowest BCUT2D eigenvalue weighted by atomic mass is 10.3. The van der Waals surface area contributed by atoms with Gasteiger partial charge in [-0.3, -0.25) is 4.90 Å². The van der Waals surface area contributed by atoms with Gasteiger partial charge in [0.2, 0.25) is 0 Å². The van der Waals surface area contributed by atoms with Crippen LogP contribution in [0.1, 0.15) is 12.1 Å². The van der Waals surface area contributed by atoms with Gasteiger partial charge in [-0.15, -0.1) is 5.10 Å². The highest BCUT2D eigenvalue weighted by atomic mass is 32.1. The molecule has 0 radical (unpaired) electrons. The summed E-state index contributed by atoms with van der Waals surface area (Å²) in [5.74, 6) is 0. The topological polar surface area (TPSA) is 64.3 Å². The second-order valence-corrected chi connectivity index (χ2v) is 4.11. The first kappa shape index (κ1) is 9.82. The first-order valence-electron chi connectivity index (χ1n) is 4.73. The van der Waals surface area contributed by atoms with Gasteiger partial charge in [-0.05, 0) is 6.42 Å². The third-order valence-corrected chi connectivity index (χ3v) is 2.87. The van der Waals surface area contributed by atoms with Crippen molar-refractivity contribution in [3.05, 3.63) is 5.69 Å². The Morgan fingerprint density at radius 1 is 1.43 bits per heavy atom. The summed E-state index contributed by atoms with van der Waals surface area (Å²) in [6.07, 6.45) is 1.08. The lowest BCUT2D eigenvalue weighted by Gasteiger charge is -2.17. The molecule has 1 aliphatic rings. The largest absolute Gasteiger partial charge is 0.388 e. The predicted octanol–water partition coefficient (Wildman–Crippen LogP) is 0.343. The van der Waals surface area contributed by atoms with Crippen molar-refractivity contribution in [3.63, 3.8) is 0 Å². The van der Waals surface area contributed by atoms with E-state index in [9.17, 15) is 0 Å². The summed E-state index contributed by atoms with van der Waals surface area (Å²) in [4.78, 5) is 2.31. The van der Waals surface area contributed by atoms with Crippen LogP contribution in [0.2, 0.25) is 0 Å². The molecule has 0 bridgehead atoms. The van der Waals surface area contributed by atoms with Crippen LogP contribution in [0.25, 0.3) is 0 Å². The number of hydrogen-bond donors (Lipinski definition) is 1. The SMILES string of the molecule is Nc1snnc1CN1CCCOCC1. The highest BCUT2D eigenvalue weighted by Gasteiger charge is 2.13. The molecule has 0 atom stereocenters. The summed E-state index contributed by atoms with van der Waals surface area (Å²) in [6.45, 7) is 4.47. The van der Waals surface area contributed by atoms with Crippen molar-refractivity contribution < 1.29 is 4.74 Å². The van der Waals surface area contributed by atoms with E-state index in [0.717, 1.165) is 50.0 Å². The molecular formula is C8H14N4OS. The van der Waals surface area contributed by atoms with Gasteiger partial charge in [0.25, 0.3) is 0 Å². The standard InChI is InChI=1S/C8H14N4OS/c9-8-7(10-11-14-8)6-12-2-1-4-13-5-3-12/h1-6,9H2. The minimum atomic E-state index is 0.732. The van der Waals surface area contributed by atoms with E-state index in [-0.39, 0.29) is 0 Å². The van der Waals surface area contributed by atoms with Crippen LogP contribution in [0.5, 0.6) is 0 Å². The fraction of sp³-hybridized carbons (Fsp3) is 0.750. The molecule has 14 heavy (non-hydrogen) atoms. The second-order valence-electron chi connectivity index (χ2n) is 3.33. The van der Waals surface area contributed by atoms with E-state index in [1.54, 1.807) is 0 Å². The first-order chi connectivity index (χ1) is 6.86. The Morgan fingerprint density at radius 2 is 2.36 bits per heavy atom. The summed E-state index contributed by atoms with van der Waals surface area (Å²) >= 11 is 1.26. The van der Waals surface area contributed by atoms with Gasteiger partial charge in [0.15, 0.2) is 0 Å². The molecule has 2 N–H and O–H groups in total. The Kier molecular flexibility index (Phi) is 3.28. The number of hydrogen-bond acceptors (Lipinski definition) is 6. The Hall–Kier alpha value is -0.720. The van der Waals surface area contributed by atoms with E-state index < -0.39 is 0 Å². The van der Waals surface area contributed by atoms with Gasteiger partial charge in [-0.1, -0.05) is 4.49 Å². The highest BCUT2D eigenvalue weighted by Crippen LogP contribution is 2.15. The highest BCUT2D eigenvalue weighted by molar-refractivity contribution is 7.09. The lowest BCUT2D eigenvalue weighted by Crippen LogP contribution is -2.26. The molecule has 1 aromatic rings. The molecule has 0 saturated carbocycles. The number of nitrogens with zero attached hydrogens (tertiary/aromatic N) is 3. The van der Waals surface area contributed by atoms with Crippen LogP contribution in [-0.4, -0.2) is 40.8 Å². The number of ether oxygens (including phenoxy) is 1. The summed E-state index contributed by atoms with van der Waals surface area (Å²) in [5.41, 5.74) is 6.63. The van der Waals surface area contributed by atoms with Crippen LogP contribution in [0.4, 0.5) is 5.00 Å². The quantitative estimate of drug-likeness (QED) is 0.769. The van der Waals surface area contributed by atoms with Crippen molar-refractivity contribution in [2.24, 2.45) is 0 Å². The normalized spacial score (nSPS) is 19.4. The zero-order chi connectivity index (χ0) is 9.80. The molecule has 6 heteroatoms. The van der Waals surface area contributed by atoms with E-state index in [1.165, 1.54) is 11.5 Å². The maximum Gasteiger partial charge on any atom is 0.132 e. The molecule has 78 valence electrons. The van der Waals surface area contributed by atoms with Crippen LogP contribution < -0.4 is 5.73 Å². The van der Waals surface area contributed by atoms with E-state index in [1.807, 2.05) is 0 Å². The molecular weight excluding hydrogens is 200 g/mol. The minimum absolute atomic E-state index is 0.732. The fourth-order valence-corrected chi connectivity index (χ4v) is 1.93. The average Bonchev–Trinajstić information content (AvgIpc) is 2.44. The number of anilines is 1. The Bertz CT molecular complexity index is 283. The van der Waals surface area contributed by atoms with Gasteiger partial charge in [0, 0.05) is 37.8 Å². The molecule has 1 aromatic heterocycles. The molecule has 0 aromatic carbocycles. The summed E-state index contributed by atoms with van der Waals surface area (Å²) in [6, 6.07) is 0. The van der Waals surface area contributed by atoms with Crippen LogP contribution in [0, 0.1) is 0 Å². The Morgan fingerprint density at radius 3 is 3.14 bits per heavy atom. The van der Waals surface area contributed by atoms with E-state index >= 15 is 0 Å². The molecule has 2 rings (SSSR count). The van der Waals surface area contributed by atoms with Gasteiger partial charge in [-0.2, -0.15) is 0 Å². The van der Waals surface area contributed by atoms with E-state index in [0.29, 0.717) is 0 Å². The van der Waals surface area contributed by atoms with Crippen LogP contribution in [-0.2, 0) is 11.3 Å². The number of aromatic nitrogens is 2. The average molecular weight is 214 g/mol. The molecule has 2 heterocycles. The van der Waals surface area contributed by atoms with Crippen LogP contribution >= 0.6 is 11.5 Å². The van der Waals surface area contributed by atoms with Crippen molar-refractivity contribution in [3.8, 4) is 0 Å². The zero-order valence-electron chi connectivity index (χ0n) is 7.98. The van der Waals surface area contributed by atoms with Gasteiger partial charge >= 0.3 is 0 Å². The molecule has 1 fully saturated rings. The summed E-state index contributed by atoms with van der Waals surface area (Å²) in [7, 11) is 0. The van der Waals surface area contributed by atoms with Gasteiger partial charge in [-0.25, -0.2) is 0 Å². The lowest BCUT2D eigenvalue weighted by molar-refractivity contribution is 0.140. The van der Waals surface area contributed by atoms with Crippen LogP contribution in [0.3, 0.4) is 0 Å². The number of nitrogen functional groups attached to an aromatic ring is 1. The molecule has 0 amide bonds. The molecule has 0 aliphatic carbocycles. The van der Waals surface area contributed by atoms with Crippen molar-refractivity contribution >= 4 is 16.5 Å². The monoisotopic (exact) mass is 214 g/mol. The van der Waals surface area contributed by atoms with Gasteiger partial charge in [0.1, 0.15) is 10.7 Å². The third-order valence-electron chi connectivity index (χ3n) is 2.27. The van der Waals surface area contributed by atoms with Gasteiger partial charge in [0.05, 0.1) is 6.61 Å². The number of rotatable bonds is 2.